The maximum absolute atomic E-state index is 11.1. The standard InChI is InChI=1S/C3H5FO/c4-1-3-2-5-3/h3H,1-2H2/i4-1. The molecular weight excluding hydrogens is 70.0 g/mol. The molecule has 0 aliphatic carbocycles. The van der Waals surface area contributed by atoms with E-state index in [1.165, 1.54) is 0 Å². The molecule has 1 heterocycles. The van der Waals surface area contributed by atoms with Crippen molar-refractivity contribution in [2.45, 2.75) is 6.10 Å². The van der Waals surface area contributed by atoms with Gasteiger partial charge >= 0.3 is 0 Å². The molecule has 5 heavy (non-hydrogen) atoms. The van der Waals surface area contributed by atoms with Crippen LogP contribution in [-0.2, 0) is 4.74 Å². The number of halogens is 1. The Kier molecular flexibility index (Phi) is 0.580. The molecule has 0 saturated carbocycles. The topological polar surface area (TPSA) is 12.5 Å². The molecule has 0 radical (unpaired) electrons. The minimum absolute atomic E-state index is 0.0324. The zero-order valence-electron chi connectivity index (χ0n) is 2.78. The van der Waals surface area contributed by atoms with E-state index < -0.39 is 0 Å². The van der Waals surface area contributed by atoms with E-state index >= 15 is 0 Å². The van der Waals surface area contributed by atoms with E-state index in [1.807, 2.05) is 0 Å². The lowest BCUT2D eigenvalue weighted by atomic mass is 10.6. The van der Waals surface area contributed by atoms with E-state index in [2.05, 4.69) is 4.74 Å². The highest BCUT2D eigenvalue weighted by atomic mass is 18.2. The average Bonchev–Trinajstić information content (AvgIpc) is 2.12. The highest BCUT2D eigenvalue weighted by molar-refractivity contribution is 4.65. The van der Waals surface area contributed by atoms with Gasteiger partial charge in [0.1, 0.15) is 12.8 Å². The molecule has 2 heteroatoms. The molecule has 1 rings (SSSR count). The molecule has 1 saturated heterocycles. The Hall–Kier alpha value is -0.110. The SMILES string of the molecule is [18F]CC1CO1. The van der Waals surface area contributed by atoms with Crippen molar-refractivity contribution in [2.75, 3.05) is 13.3 Å². The smallest absolute Gasteiger partial charge is 0.118 e. The van der Waals surface area contributed by atoms with Gasteiger partial charge in [-0.25, -0.2) is 4.39 Å². The van der Waals surface area contributed by atoms with Crippen molar-refractivity contribution >= 4 is 0 Å². The van der Waals surface area contributed by atoms with Crippen LogP contribution in [0.25, 0.3) is 0 Å². The minimum atomic E-state index is -0.306. The van der Waals surface area contributed by atoms with Crippen LogP contribution in [0.5, 0.6) is 0 Å². The van der Waals surface area contributed by atoms with E-state index in [-0.39, 0.29) is 12.8 Å². The van der Waals surface area contributed by atoms with Crippen LogP contribution in [0.2, 0.25) is 0 Å². The number of alkyl halides is 1. The first-order chi connectivity index (χ1) is 2.43. The van der Waals surface area contributed by atoms with Crippen LogP contribution in [0.4, 0.5) is 4.39 Å². The normalized spacial score (nSPS) is 34.2. The maximum atomic E-state index is 11.1. The summed E-state index contributed by atoms with van der Waals surface area (Å²) in [6.07, 6.45) is -0.0324. The van der Waals surface area contributed by atoms with Crippen LogP contribution < -0.4 is 0 Å². The second-order valence-corrected chi connectivity index (χ2v) is 1.11. The number of ether oxygens (including phenoxy) is 1. The molecule has 0 aromatic carbocycles. The summed E-state index contributed by atoms with van der Waals surface area (Å²) in [6.45, 7) is 0.330. The van der Waals surface area contributed by atoms with Gasteiger partial charge in [-0.1, -0.05) is 0 Å². The van der Waals surface area contributed by atoms with Crippen molar-refractivity contribution in [2.24, 2.45) is 0 Å². The van der Waals surface area contributed by atoms with Crippen LogP contribution >= 0.6 is 0 Å². The second kappa shape index (κ2) is 0.937. The molecule has 1 fully saturated rings. The number of epoxide rings is 1. The van der Waals surface area contributed by atoms with Crippen LogP contribution in [-0.4, -0.2) is 19.4 Å². The fourth-order valence-electron chi connectivity index (χ4n) is 0.157. The summed E-state index contributed by atoms with van der Waals surface area (Å²) in [5.74, 6) is 0. The van der Waals surface area contributed by atoms with Crippen molar-refractivity contribution in [3.63, 3.8) is 0 Å². The summed E-state index contributed by atoms with van der Waals surface area (Å²) in [6, 6.07) is 0. The molecule has 0 N–H and O–H groups in total. The van der Waals surface area contributed by atoms with Crippen molar-refractivity contribution in [3.05, 3.63) is 0 Å². The van der Waals surface area contributed by atoms with Gasteiger partial charge in [0, 0.05) is 0 Å². The first kappa shape index (κ1) is 3.09. The van der Waals surface area contributed by atoms with Gasteiger partial charge in [-0.3, -0.25) is 0 Å². The Labute approximate surface area is 29.7 Å². The summed E-state index contributed by atoms with van der Waals surface area (Å²) in [4.78, 5) is 0. The van der Waals surface area contributed by atoms with Crippen molar-refractivity contribution in [1.82, 2.24) is 0 Å². The number of rotatable bonds is 1. The van der Waals surface area contributed by atoms with Crippen LogP contribution in [0.15, 0.2) is 0 Å². The second-order valence-electron chi connectivity index (χ2n) is 1.11. The van der Waals surface area contributed by atoms with Gasteiger partial charge in [0.05, 0.1) is 6.61 Å². The number of hydrogen-bond acceptors (Lipinski definition) is 1. The third kappa shape index (κ3) is 0.581. The van der Waals surface area contributed by atoms with Gasteiger partial charge in [0.15, 0.2) is 0 Å². The fourth-order valence-corrected chi connectivity index (χ4v) is 0.157. The molecule has 30 valence electrons. The zero-order valence-corrected chi connectivity index (χ0v) is 2.78. The number of hydrogen-bond donors (Lipinski definition) is 0. The van der Waals surface area contributed by atoms with Gasteiger partial charge in [0.25, 0.3) is 0 Å². The van der Waals surface area contributed by atoms with E-state index in [0.29, 0.717) is 6.61 Å². The van der Waals surface area contributed by atoms with Crippen molar-refractivity contribution < 1.29 is 9.13 Å². The largest absolute Gasteiger partial charge is 0.370 e. The monoisotopic (exact) mass is 75.0 g/mol. The summed E-state index contributed by atoms with van der Waals surface area (Å²) < 4.78 is 15.5. The molecule has 0 spiro atoms. The molecule has 1 atom stereocenters. The Morgan fingerprint density at radius 3 is 2.60 bits per heavy atom. The van der Waals surface area contributed by atoms with Gasteiger partial charge in [-0.05, 0) is 0 Å². The molecule has 1 aliphatic heterocycles. The predicted molar refractivity (Wildman–Crippen MR) is 15.7 cm³/mol. The van der Waals surface area contributed by atoms with Crippen molar-refractivity contribution in [3.8, 4) is 0 Å². The lowest BCUT2D eigenvalue weighted by Gasteiger charge is -1.66. The first-order valence-corrected chi connectivity index (χ1v) is 1.61. The van der Waals surface area contributed by atoms with E-state index in [4.69, 9.17) is 0 Å². The Morgan fingerprint density at radius 1 is 2.00 bits per heavy atom. The van der Waals surface area contributed by atoms with Crippen LogP contribution in [0, 0.1) is 0 Å². The average molecular weight is 75.1 g/mol. The lowest BCUT2D eigenvalue weighted by molar-refractivity contribution is 0.346. The summed E-state index contributed by atoms with van der Waals surface area (Å²) in [7, 11) is 0. The zero-order chi connectivity index (χ0) is 3.70. The third-order valence-electron chi connectivity index (χ3n) is 0.574. The first-order valence-electron chi connectivity index (χ1n) is 1.61. The predicted octanol–water partition coefficient (Wildman–Crippen LogP) is 0.355. The third-order valence-corrected chi connectivity index (χ3v) is 0.574. The minimum Gasteiger partial charge on any atom is -0.370 e. The lowest BCUT2D eigenvalue weighted by Crippen LogP contribution is -1.81. The van der Waals surface area contributed by atoms with Gasteiger partial charge in [-0.15, -0.1) is 0 Å². The molecular formula is C3H5FO. The molecule has 1 aliphatic rings. The van der Waals surface area contributed by atoms with E-state index in [1.54, 1.807) is 0 Å². The highest BCUT2D eigenvalue weighted by Gasteiger charge is 2.20. The molecule has 0 aromatic rings. The summed E-state index contributed by atoms with van der Waals surface area (Å²) in [5.41, 5.74) is 0. The van der Waals surface area contributed by atoms with Gasteiger partial charge in [-0.2, -0.15) is 0 Å². The van der Waals surface area contributed by atoms with Crippen LogP contribution in [0.1, 0.15) is 0 Å². The Balaban J connectivity index is 2.00. The summed E-state index contributed by atoms with van der Waals surface area (Å²) >= 11 is 0. The fraction of sp³-hybridized carbons (Fsp3) is 1.00. The Morgan fingerprint density at radius 2 is 2.60 bits per heavy atom. The molecule has 1 unspecified atom stereocenters. The van der Waals surface area contributed by atoms with Gasteiger partial charge < -0.3 is 4.74 Å². The molecule has 1 nitrogen and oxygen atoms in total. The quantitative estimate of drug-likeness (QED) is 0.410. The molecule has 0 bridgehead atoms. The molecule has 0 aromatic heterocycles. The van der Waals surface area contributed by atoms with Gasteiger partial charge in [0.2, 0.25) is 0 Å². The van der Waals surface area contributed by atoms with Crippen LogP contribution in [0.3, 0.4) is 0 Å². The van der Waals surface area contributed by atoms with E-state index in [0.717, 1.165) is 0 Å². The Bertz CT molecular complexity index is 33.9. The van der Waals surface area contributed by atoms with E-state index in [9.17, 15) is 4.39 Å². The maximum Gasteiger partial charge on any atom is 0.118 e. The van der Waals surface area contributed by atoms with Crippen molar-refractivity contribution in [1.29, 1.82) is 0 Å². The molecule has 0 amide bonds. The summed E-state index contributed by atoms with van der Waals surface area (Å²) in [5, 5.41) is 0. The highest BCUT2D eigenvalue weighted by Crippen LogP contribution is 2.07.